The number of hydrogen-bond donors (Lipinski definition) is 2. The van der Waals surface area contributed by atoms with Crippen LogP contribution in [0.5, 0.6) is 0 Å². The number of benzene rings is 2. The van der Waals surface area contributed by atoms with Crippen molar-refractivity contribution in [3.8, 4) is 0 Å². The smallest absolute Gasteiger partial charge is 0.254 e. The Hall–Kier alpha value is -2.85. The van der Waals surface area contributed by atoms with E-state index >= 15 is 0 Å². The molecule has 1 saturated heterocycles. The SMILES string of the molecule is O=C(CCNC(=O)c1ccc(F)cc1F)Nc1ccc(S(=O)(=O)N2CCCCCC2)cc1. The molecule has 172 valence electrons. The molecule has 1 fully saturated rings. The second kappa shape index (κ2) is 10.6. The second-order valence-electron chi connectivity index (χ2n) is 7.52. The Labute approximate surface area is 185 Å². The summed E-state index contributed by atoms with van der Waals surface area (Å²) in [6.07, 6.45) is 3.66. The van der Waals surface area contributed by atoms with Crippen molar-refractivity contribution in [2.45, 2.75) is 37.0 Å². The van der Waals surface area contributed by atoms with Crippen molar-refractivity contribution in [2.75, 3.05) is 25.0 Å². The molecule has 1 heterocycles. The minimum absolute atomic E-state index is 0.0527. The Bertz CT molecular complexity index is 1070. The number of rotatable bonds is 7. The van der Waals surface area contributed by atoms with Crippen LogP contribution >= 0.6 is 0 Å². The van der Waals surface area contributed by atoms with Crippen molar-refractivity contribution in [1.29, 1.82) is 0 Å². The van der Waals surface area contributed by atoms with Gasteiger partial charge in [-0.3, -0.25) is 9.59 Å². The van der Waals surface area contributed by atoms with Gasteiger partial charge in [0.05, 0.1) is 10.5 Å². The summed E-state index contributed by atoms with van der Waals surface area (Å²) < 4.78 is 53.6. The molecule has 0 aromatic heterocycles. The van der Waals surface area contributed by atoms with Gasteiger partial charge in [0.15, 0.2) is 0 Å². The van der Waals surface area contributed by atoms with E-state index in [-0.39, 0.29) is 23.4 Å². The Morgan fingerprint density at radius 3 is 2.22 bits per heavy atom. The van der Waals surface area contributed by atoms with E-state index in [0.717, 1.165) is 37.8 Å². The van der Waals surface area contributed by atoms with Crippen LogP contribution in [0.1, 0.15) is 42.5 Å². The van der Waals surface area contributed by atoms with Crippen LogP contribution in [0.25, 0.3) is 0 Å². The standard InChI is InChI=1S/C22H25F2N3O4S/c23-16-5-10-19(20(24)15-16)22(29)25-12-11-21(28)26-17-6-8-18(9-7-17)32(30,31)27-13-3-1-2-4-14-27/h5-10,15H,1-4,11-14H2,(H,25,29)(H,26,28). The van der Waals surface area contributed by atoms with Crippen LogP contribution in [0.2, 0.25) is 0 Å². The van der Waals surface area contributed by atoms with Crippen LogP contribution in [0, 0.1) is 11.6 Å². The third-order valence-corrected chi connectivity index (χ3v) is 7.07. The molecule has 10 heteroatoms. The number of halogens is 2. The predicted octanol–water partition coefficient (Wildman–Crippen LogP) is 3.29. The van der Waals surface area contributed by atoms with E-state index in [2.05, 4.69) is 10.6 Å². The predicted molar refractivity (Wildman–Crippen MR) is 116 cm³/mol. The maximum atomic E-state index is 13.6. The zero-order valence-corrected chi connectivity index (χ0v) is 18.3. The van der Waals surface area contributed by atoms with Crippen molar-refractivity contribution < 1.29 is 26.8 Å². The van der Waals surface area contributed by atoms with Crippen molar-refractivity contribution >= 4 is 27.5 Å². The van der Waals surface area contributed by atoms with Gasteiger partial charge in [-0.25, -0.2) is 17.2 Å². The normalized spacial score (nSPS) is 15.1. The first-order chi connectivity index (χ1) is 15.3. The zero-order chi connectivity index (χ0) is 23.1. The lowest BCUT2D eigenvalue weighted by Crippen LogP contribution is -2.31. The van der Waals surface area contributed by atoms with Gasteiger partial charge in [-0.1, -0.05) is 12.8 Å². The number of amides is 2. The molecule has 0 unspecified atom stereocenters. The van der Waals surface area contributed by atoms with Gasteiger partial charge in [0.25, 0.3) is 5.91 Å². The van der Waals surface area contributed by atoms with Crippen LogP contribution in [0.4, 0.5) is 14.5 Å². The molecule has 2 N–H and O–H groups in total. The number of nitrogens with one attached hydrogen (secondary N) is 2. The van der Waals surface area contributed by atoms with Gasteiger partial charge >= 0.3 is 0 Å². The lowest BCUT2D eigenvalue weighted by Gasteiger charge is -2.20. The minimum Gasteiger partial charge on any atom is -0.351 e. The number of carbonyl (C=O) groups excluding carboxylic acids is 2. The van der Waals surface area contributed by atoms with Crippen molar-refractivity contribution in [3.05, 3.63) is 59.7 Å². The summed E-state index contributed by atoms with van der Waals surface area (Å²) in [5, 5.41) is 5.02. The second-order valence-corrected chi connectivity index (χ2v) is 9.46. The first-order valence-electron chi connectivity index (χ1n) is 10.4. The van der Waals surface area contributed by atoms with Gasteiger partial charge in [0.2, 0.25) is 15.9 Å². The number of carbonyl (C=O) groups is 2. The summed E-state index contributed by atoms with van der Waals surface area (Å²) in [6, 6.07) is 8.54. The highest BCUT2D eigenvalue weighted by Gasteiger charge is 2.25. The van der Waals surface area contributed by atoms with E-state index in [9.17, 15) is 26.8 Å². The highest BCUT2D eigenvalue weighted by Crippen LogP contribution is 2.22. The fourth-order valence-corrected chi connectivity index (χ4v) is 4.94. The summed E-state index contributed by atoms with van der Waals surface area (Å²) in [5.41, 5.74) is 0.105. The average Bonchev–Trinajstić information content (AvgIpc) is 3.04. The van der Waals surface area contributed by atoms with E-state index in [4.69, 9.17) is 0 Å². The molecule has 2 aromatic rings. The monoisotopic (exact) mass is 465 g/mol. The van der Waals surface area contributed by atoms with Gasteiger partial charge in [-0.15, -0.1) is 0 Å². The van der Waals surface area contributed by atoms with Gasteiger partial charge in [-0.2, -0.15) is 4.31 Å². The van der Waals surface area contributed by atoms with E-state index in [1.165, 1.54) is 28.6 Å². The van der Waals surface area contributed by atoms with Crippen LogP contribution in [0.15, 0.2) is 47.4 Å². The summed E-state index contributed by atoms with van der Waals surface area (Å²) >= 11 is 0. The summed E-state index contributed by atoms with van der Waals surface area (Å²) in [7, 11) is -3.57. The molecular weight excluding hydrogens is 440 g/mol. The molecule has 7 nitrogen and oxygen atoms in total. The topological polar surface area (TPSA) is 95.6 Å². The number of sulfonamides is 1. The van der Waals surface area contributed by atoms with E-state index < -0.39 is 33.5 Å². The highest BCUT2D eigenvalue weighted by molar-refractivity contribution is 7.89. The van der Waals surface area contributed by atoms with Gasteiger partial charge in [0.1, 0.15) is 11.6 Å². The van der Waals surface area contributed by atoms with E-state index in [0.29, 0.717) is 24.8 Å². The van der Waals surface area contributed by atoms with Crippen LogP contribution in [-0.4, -0.2) is 44.2 Å². The molecule has 3 rings (SSSR count). The van der Waals surface area contributed by atoms with Crippen LogP contribution in [-0.2, 0) is 14.8 Å². The Kier molecular flexibility index (Phi) is 7.92. The summed E-state index contributed by atoms with van der Waals surface area (Å²) in [4.78, 5) is 24.2. The van der Waals surface area contributed by atoms with Crippen LogP contribution in [0.3, 0.4) is 0 Å². The third kappa shape index (κ3) is 6.10. The molecule has 1 aliphatic rings. The largest absolute Gasteiger partial charge is 0.351 e. The highest BCUT2D eigenvalue weighted by atomic mass is 32.2. The lowest BCUT2D eigenvalue weighted by atomic mass is 10.2. The van der Waals surface area contributed by atoms with Crippen LogP contribution < -0.4 is 10.6 Å². The summed E-state index contributed by atoms with van der Waals surface area (Å²) in [5.74, 6) is -2.93. The fraction of sp³-hybridized carbons (Fsp3) is 0.364. The van der Waals surface area contributed by atoms with Crippen molar-refractivity contribution in [3.63, 3.8) is 0 Å². The zero-order valence-electron chi connectivity index (χ0n) is 17.4. The quantitative estimate of drug-likeness (QED) is 0.656. The van der Waals surface area contributed by atoms with Gasteiger partial charge < -0.3 is 10.6 Å². The van der Waals surface area contributed by atoms with E-state index in [1.807, 2.05) is 0 Å². The number of hydrogen-bond acceptors (Lipinski definition) is 4. The fourth-order valence-electron chi connectivity index (χ4n) is 3.42. The molecule has 0 bridgehead atoms. The lowest BCUT2D eigenvalue weighted by molar-refractivity contribution is -0.116. The molecule has 0 radical (unpaired) electrons. The average molecular weight is 466 g/mol. The Morgan fingerprint density at radius 1 is 0.938 bits per heavy atom. The third-order valence-electron chi connectivity index (χ3n) is 5.15. The molecule has 0 saturated carbocycles. The van der Waals surface area contributed by atoms with E-state index in [1.54, 1.807) is 0 Å². The maximum Gasteiger partial charge on any atom is 0.254 e. The molecule has 32 heavy (non-hydrogen) atoms. The Morgan fingerprint density at radius 2 is 1.59 bits per heavy atom. The molecular formula is C22H25F2N3O4S. The van der Waals surface area contributed by atoms with Gasteiger partial charge in [-0.05, 0) is 49.2 Å². The maximum absolute atomic E-state index is 13.6. The molecule has 0 aliphatic carbocycles. The Balaban J connectivity index is 1.50. The first-order valence-corrected chi connectivity index (χ1v) is 11.8. The number of nitrogens with zero attached hydrogens (tertiary/aromatic N) is 1. The van der Waals surface area contributed by atoms with Gasteiger partial charge in [0, 0.05) is 37.8 Å². The first kappa shape index (κ1) is 23.8. The molecule has 2 aromatic carbocycles. The van der Waals surface area contributed by atoms with Crippen molar-refractivity contribution in [2.24, 2.45) is 0 Å². The molecule has 0 spiro atoms. The number of anilines is 1. The molecule has 1 aliphatic heterocycles. The summed E-state index contributed by atoms with van der Waals surface area (Å²) in [6.45, 7) is 0.964. The minimum atomic E-state index is -3.57. The molecule has 0 atom stereocenters. The molecule has 2 amide bonds. The van der Waals surface area contributed by atoms with Crippen molar-refractivity contribution in [1.82, 2.24) is 9.62 Å².